The molecule has 0 N–H and O–H groups in total. The molecular weight excluding hydrogens is 400 g/mol. The molecule has 1 aliphatic heterocycles. The van der Waals surface area contributed by atoms with Crippen LogP contribution in [0.1, 0.15) is 57.1 Å². The summed E-state index contributed by atoms with van der Waals surface area (Å²) >= 11 is 0. The van der Waals surface area contributed by atoms with Crippen LogP contribution in [0.2, 0.25) is 0 Å². The Hall–Kier alpha value is -2.16. The lowest BCUT2D eigenvalue weighted by Gasteiger charge is -2.41. The van der Waals surface area contributed by atoms with Crippen molar-refractivity contribution in [3.8, 4) is 12.3 Å². The first kappa shape index (κ1) is 24.5. The van der Waals surface area contributed by atoms with Gasteiger partial charge < -0.3 is 18.9 Å². The van der Waals surface area contributed by atoms with Crippen molar-refractivity contribution < 1.29 is 18.9 Å². The Morgan fingerprint density at radius 3 is 2.25 bits per heavy atom. The van der Waals surface area contributed by atoms with Crippen molar-refractivity contribution in [1.29, 1.82) is 0 Å². The van der Waals surface area contributed by atoms with Crippen LogP contribution in [0.15, 0.2) is 60.7 Å². The summed E-state index contributed by atoms with van der Waals surface area (Å²) in [7, 11) is 0. The van der Waals surface area contributed by atoms with Gasteiger partial charge in [0.15, 0.2) is 5.79 Å². The lowest BCUT2D eigenvalue weighted by molar-refractivity contribution is -0.304. The van der Waals surface area contributed by atoms with E-state index in [0.29, 0.717) is 19.6 Å². The molecule has 2 aromatic carbocycles. The Kier molecular flexibility index (Phi) is 9.77. The standard InChI is InChI=1S/C28H36O4/c1-4-12-25(30-22-24-15-9-6-10-16-24)19-27-20-26(31-28(2,3)32-27)17-11-18-29-21-23-13-7-5-8-14-23/h1,5-10,13-16,25-27H,11-12,17-22H2,2-3H3/t25-,26+,27-/m1/s1. The van der Waals surface area contributed by atoms with Crippen molar-refractivity contribution in [1.82, 2.24) is 0 Å². The topological polar surface area (TPSA) is 36.9 Å². The molecule has 3 atom stereocenters. The Morgan fingerprint density at radius 1 is 0.969 bits per heavy atom. The number of benzene rings is 2. The Morgan fingerprint density at radius 2 is 1.59 bits per heavy atom. The molecule has 172 valence electrons. The van der Waals surface area contributed by atoms with Gasteiger partial charge in [-0.1, -0.05) is 60.7 Å². The minimum atomic E-state index is -0.612. The summed E-state index contributed by atoms with van der Waals surface area (Å²) in [5.41, 5.74) is 2.35. The van der Waals surface area contributed by atoms with Crippen LogP contribution in [0.5, 0.6) is 0 Å². The highest BCUT2D eigenvalue weighted by atomic mass is 16.7. The fraction of sp³-hybridized carbons (Fsp3) is 0.500. The average Bonchev–Trinajstić information content (AvgIpc) is 2.78. The molecule has 0 radical (unpaired) electrons. The maximum Gasteiger partial charge on any atom is 0.163 e. The highest BCUT2D eigenvalue weighted by molar-refractivity contribution is 5.14. The molecule has 1 aliphatic rings. The fourth-order valence-electron chi connectivity index (χ4n) is 4.14. The van der Waals surface area contributed by atoms with Crippen LogP contribution in [0.3, 0.4) is 0 Å². The van der Waals surface area contributed by atoms with Crippen LogP contribution in [0.4, 0.5) is 0 Å². The number of hydrogen-bond acceptors (Lipinski definition) is 4. The SMILES string of the molecule is C#CC[C@H](C[C@@H]1C[C@H](CCCOCc2ccccc2)OC(C)(C)O1)OCc1ccccc1. The maximum absolute atomic E-state index is 6.22. The van der Waals surface area contributed by atoms with E-state index in [0.717, 1.165) is 37.9 Å². The van der Waals surface area contributed by atoms with Crippen LogP contribution >= 0.6 is 0 Å². The Balaban J connectivity index is 1.44. The van der Waals surface area contributed by atoms with Crippen LogP contribution < -0.4 is 0 Å². The van der Waals surface area contributed by atoms with Gasteiger partial charge in [0, 0.05) is 25.9 Å². The summed E-state index contributed by atoms with van der Waals surface area (Å²) in [4.78, 5) is 0. The summed E-state index contributed by atoms with van der Waals surface area (Å²) in [5.74, 6) is 2.15. The third kappa shape index (κ3) is 8.76. The highest BCUT2D eigenvalue weighted by Crippen LogP contribution is 2.31. The molecule has 4 nitrogen and oxygen atoms in total. The molecule has 1 saturated heterocycles. The molecule has 4 heteroatoms. The van der Waals surface area contributed by atoms with Gasteiger partial charge in [-0.2, -0.15) is 0 Å². The second-order valence-electron chi connectivity index (χ2n) is 8.86. The Bertz CT molecular complexity index is 812. The zero-order chi connectivity index (χ0) is 22.7. The fourth-order valence-corrected chi connectivity index (χ4v) is 4.14. The van der Waals surface area contributed by atoms with Crippen molar-refractivity contribution in [2.45, 2.75) is 83.3 Å². The van der Waals surface area contributed by atoms with E-state index in [1.807, 2.05) is 50.2 Å². The largest absolute Gasteiger partial charge is 0.377 e. The molecule has 1 fully saturated rings. The number of hydrogen-bond donors (Lipinski definition) is 0. The van der Waals surface area contributed by atoms with E-state index in [2.05, 4.69) is 30.2 Å². The van der Waals surface area contributed by atoms with Crippen molar-refractivity contribution >= 4 is 0 Å². The summed E-state index contributed by atoms with van der Waals surface area (Å²) in [6, 6.07) is 20.4. The average molecular weight is 437 g/mol. The lowest BCUT2D eigenvalue weighted by atomic mass is 9.98. The second kappa shape index (κ2) is 12.8. The van der Waals surface area contributed by atoms with E-state index in [-0.39, 0.29) is 18.3 Å². The van der Waals surface area contributed by atoms with Crippen LogP contribution in [0, 0.1) is 12.3 Å². The lowest BCUT2D eigenvalue weighted by Crippen LogP contribution is -2.45. The number of ether oxygens (including phenoxy) is 4. The smallest absolute Gasteiger partial charge is 0.163 e. The van der Waals surface area contributed by atoms with Gasteiger partial charge in [-0.25, -0.2) is 0 Å². The van der Waals surface area contributed by atoms with E-state index >= 15 is 0 Å². The molecular formula is C28H36O4. The molecule has 0 aromatic heterocycles. The zero-order valence-electron chi connectivity index (χ0n) is 19.4. The monoisotopic (exact) mass is 436 g/mol. The van der Waals surface area contributed by atoms with E-state index in [9.17, 15) is 0 Å². The molecule has 0 aliphatic carbocycles. The first-order valence-electron chi connectivity index (χ1n) is 11.6. The molecule has 0 amide bonds. The molecule has 0 spiro atoms. The van der Waals surface area contributed by atoms with E-state index in [1.165, 1.54) is 5.56 Å². The van der Waals surface area contributed by atoms with Crippen molar-refractivity contribution in [2.24, 2.45) is 0 Å². The van der Waals surface area contributed by atoms with Gasteiger partial charge in [-0.05, 0) is 37.8 Å². The zero-order valence-corrected chi connectivity index (χ0v) is 19.4. The van der Waals surface area contributed by atoms with Gasteiger partial charge in [0.05, 0.1) is 31.5 Å². The van der Waals surface area contributed by atoms with E-state index in [4.69, 9.17) is 25.4 Å². The first-order valence-corrected chi connectivity index (χ1v) is 11.6. The van der Waals surface area contributed by atoms with Crippen LogP contribution in [-0.2, 0) is 32.2 Å². The van der Waals surface area contributed by atoms with Gasteiger partial charge in [-0.3, -0.25) is 0 Å². The predicted octanol–water partition coefficient (Wildman–Crippen LogP) is 5.89. The summed E-state index contributed by atoms with van der Waals surface area (Å²) < 4.78 is 24.4. The third-order valence-corrected chi connectivity index (χ3v) is 5.55. The maximum atomic E-state index is 6.22. The minimum absolute atomic E-state index is 0.0334. The molecule has 2 aromatic rings. The quantitative estimate of drug-likeness (QED) is 0.307. The first-order chi connectivity index (χ1) is 15.5. The molecule has 0 bridgehead atoms. The predicted molar refractivity (Wildman–Crippen MR) is 127 cm³/mol. The molecule has 0 saturated carbocycles. The molecule has 1 heterocycles. The molecule has 0 unspecified atom stereocenters. The van der Waals surface area contributed by atoms with Crippen molar-refractivity contribution in [2.75, 3.05) is 6.61 Å². The normalized spacial score (nSPS) is 21.0. The van der Waals surface area contributed by atoms with Gasteiger partial charge in [0.2, 0.25) is 0 Å². The summed E-state index contributed by atoms with van der Waals surface area (Å²) in [6.45, 7) is 5.90. The van der Waals surface area contributed by atoms with Gasteiger partial charge in [0.25, 0.3) is 0 Å². The third-order valence-electron chi connectivity index (χ3n) is 5.55. The van der Waals surface area contributed by atoms with Gasteiger partial charge >= 0.3 is 0 Å². The number of rotatable bonds is 12. The Labute approximate surface area is 193 Å². The molecule has 32 heavy (non-hydrogen) atoms. The van der Waals surface area contributed by atoms with Crippen LogP contribution in [0.25, 0.3) is 0 Å². The summed E-state index contributed by atoms with van der Waals surface area (Å²) in [5, 5.41) is 0. The van der Waals surface area contributed by atoms with Gasteiger partial charge in [0.1, 0.15) is 0 Å². The number of terminal acetylenes is 1. The van der Waals surface area contributed by atoms with Crippen LogP contribution in [-0.4, -0.2) is 30.7 Å². The van der Waals surface area contributed by atoms with Gasteiger partial charge in [-0.15, -0.1) is 12.3 Å². The minimum Gasteiger partial charge on any atom is -0.377 e. The summed E-state index contributed by atoms with van der Waals surface area (Å²) in [6.07, 6.45) is 9.87. The van der Waals surface area contributed by atoms with Crippen molar-refractivity contribution in [3.05, 3.63) is 71.8 Å². The van der Waals surface area contributed by atoms with E-state index < -0.39 is 5.79 Å². The second-order valence-corrected chi connectivity index (χ2v) is 8.86. The van der Waals surface area contributed by atoms with E-state index in [1.54, 1.807) is 0 Å². The highest BCUT2D eigenvalue weighted by Gasteiger charge is 2.36. The van der Waals surface area contributed by atoms with Crippen molar-refractivity contribution in [3.63, 3.8) is 0 Å². The molecule has 3 rings (SSSR count).